The lowest BCUT2D eigenvalue weighted by molar-refractivity contribution is 0.0256. The lowest BCUT2D eigenvalue weighted by Crippen LogP contribution is -2.39. The van der Waals surface area contributed by atoms with Gasteiger partial charge in [0.15, 0.2) is 0 Å². The monoisotopic (exact) mass is 252 g/mol. The average Bonchev–Trinajstić information content (AvgIpc) is 2.29. The molecule has 0 saturated heterocycles. The maximum Gasteiger partial charge on any atom is 0.411 e. The smallest absolute Gasteiger partial charge is 0.411 e. The summed E-state index contributed by atoms with van der Waals surface area (Å²) in [5, 5.41) is 5.49. The molecule has 2 N–H and O–H groups in total. The first-order valence-corrected chi connectivity index (χ1v) is 6.06. The van der Waals surface area contributed by atoms with Crippen molar-refractivity contribution in [3.8, 4) is 0 Å². The zero-order chi connectivity index (χ0) is 13.0. The van der Waals surface area contributed by atoms with E-state index in [1.807, 2.05) is 7.05 Å². The molecular weight excluding hydrogens is 235 g/mol. The van der Waals surface area contributed by atoms with E-state index in [-0.39, 0.29) is 11.8 Å². The molecule has 0 spiro atoms. The Morgan fingerprint density at radius 2 is 2.17 bits per heavy atom. The van der Waals surface area contributed by atoms with Gasteiger partial charge in [-0.1, -0.05) is 12.1 Å². The minimum Gasteiger partial charge on any atom is -0.446 e. The number of rotatable bonds is 4. The summed E-state index contributed by atoms with van der Waals surface area (Å²) in [4.78, 5) is 11.5. The van der Waals surface area contributed by atoms with Crippen LogP contribution in [0.2, 0.25) is 0 Å². The minimum atomic E-state index is -0.590. The van der Waals surface area contributed by atoms with E-state index >= 15 is 0 Å². The molecule has 1 aliphatic rings. The summed E-state index contributed by atoms with van der Waals surface area (Å²) in [6.45, 7) is 0.939. The van der Waals surface area contributed by atoms with Gasteiger partial charge in [0.05, 0.1) is 5.69 Å². The van der Waals surface area contributed by atoms with Gasteiger partial charge in [-0.25, -0.2) is 9.18 Å². The molecule has 1 fully saturated rings. The number of anilines is 1. The summed E-state index contributed by atoms with van der Waals surface area (Å²) < 4.78 is 18.4. The number of ether oxygens (including phenoxy) is 1. The Labute approximate surface area is 106 Å². The maximum absolute atomic E-state index is 13.3. The van der Waals surface area contributed by atoms with Crippen molar-refractivity contribution in [3.05, 3.63) is 30.1 Å². The number of halogens is 1. The Hall–Kier alpha value is -1.62. The molecule has 0 unspecified atom stereocenters. The molecular formula is C13H17FN2O2. The van der Waals surface area contributed by atoms with E-state index in [0.29, 0.717) is 5.92 Å². The van der Waals surface area contributed by atoms with Crippen LogP contribution in [0.15, 0.2) is 24.3 Å². The van der Waals surface area contributed by atoms with Crippen molar-refractivity contribution >= 4 is 11.8 Å². The summed E-state index contributed by atoms with van der Waals surface area (Å²) in [5.74, 6) is 0.109. The third-order valence-electron chi connectivity index (χ3n) is 3.07. The zero-order valence-corrected chi connectivity index (χ0v) is 10.3. The third-order valence-corrected chi connectivity index (χ3v) is 3.07. The number of hydrogen-bond acceptors (Lipinski definition) is 3. The van der Waals surface area contributed by atoms with Crippen LogP contribution in [0.3, 0.4) is 0 Å². The van der Waals surface area contributed by atoms with E-state index in [9.17, 15) is 9.18 Å². The van der Waals surface area contributed by atoms with Gasteiger partial charge in [-0.2, -0.15) is 0 Å². The lowest BCUT2D eigenvalue weighted by Gasteiger charge is -2.34. The summed E-state index contributed by atoms with van der Waals surface area (Å²) in [7, 11) is 1.90. The molecule has 0 radical (unpaired) electrons. The SMILES string of the molecule is CNCC1CC(OC(=O)Nc2ccccc2F)C1. The van der Waals surface area contributed by atoms with Crippen molar-refractivity contribution < 1.29 is 13.9 Å². The molecule has 1 aromatic rings. The van der Waals surface area contributed by atoms with Crippen molar-refractivity contribution in [2.75, 3.05) is 18.9 Å². The molecule has 1 aromatic carbocycles. The van der Waals surface area contributed by atoms with Gasteiger partial charge < -0.3 is 10.1 Å². The Kier molecular flexibility index (Phi) is 4.15. The van der Waals surface area contributed by atoms with Gasteiger partial charge in [0.25, 0.3) is 0 Å². The summed E-state index contributed by atoms with van der Waals surface area (Å²) in [5.41, 5.74) is 0.147. The van der Waals surface area contributed by atoms with Gasteiger partial charge in [-0.05, 0) is 44.5 Å². The number of amides is 1. The summed E-state index contributed by atoms with van der Waals surface area (Å²) in [6, 6.07) is 6.02. The Morgan fingerprint density at radius 1 is 1.44 bits per heavy atom. The highest BCUT2D eigenvalue weighted by Crippen LogP contribution is 2.29. The van der Waals surface area contributed by atoms with Crippen molar-refractivity contribution in [1.29, 1.82) is 0 Å². The molecule has 98 valence electrons. The zero-order valence-electron chi connectivity index (χ0n) is 10.3. The van der Waals surface area contributed by atoms with Crippen LogP contribution >= 0.6 is 0 Å². The largest absolute Gasteiger partial charge is 0.446 e. The molecule has 5 heteroatoms. The van der Waals surface area contributed by atoms with Crippen molar-refractivity contribution in [2.45, 2.75) is 18.9 Å². The molecule has 0 heterocycles. The van der Waals surface area contributed by atoms with E-state index in [1.54, 1.807) is 12.1 Å². The first-order valence-electron chi connectivity index (χ1n) is 6.06. The van der Waals surface area contributed by atoms with Crippen LogP contribution in [-0.4, -0.2) is 25.8 Å². The number of para-hydroxylation sites is 1. The molecule has 18 heavy (non-hydrogen) atoms. The molecule has 2 rings (SSSR count). The molecule has 1 saturated carbocycles. The quantitative estimate of drug-likeness (QED) is 0.865. The molecule has 0 atom stereocenters. The number of hydrogen-bond donors (Lipinski definition) is 2. The van der Waals surface area contributed by atoms with E-state index in [0.717, 1.165) is 19.4 Å². The van der Waals surface area contributed by atoms with Crippen molar-refractivity contribution in [2.24, 2.45) is 5.92 Å². The van der Waals surface area contributed by atoms with Gasteiger partial charge in [0.2, 0.25) is 0 Å². The summed E-state index contributed by atoms with van der Waals surface area (Å²) in [6.07, 6.45) is 1.10. The van der Waals surface area contributed by atoms with E-state index in [2.05, 4.69) is 10.6 Å². The second-order valence-corrected chi connectivity index (χ2v) is 4.53. The average molecular weight is 252 g/mol. The highest BCUT2D eigenvalue weighted by Gasteiger charge is 2.31. The van der Waals surface area contributed by atoms with Crippen LogP contribution in [0.1, 0.15) is 12.8 Å². The fourth-order valence-corrected chi connectivity index (χ4v) is 2.08. The number of carbonyl (C=O) groups excluding carboxylic acids is 1. The van der Waals surface area contributed by atoms with Crippen LogP contribution in [0, 0.1) is 11.7 Å². The lowest BCUT2D eigenvalue weighted by atomic mass is 9.82. The number of carbonyl (C=O) groups is 1. The van der Waals surface area contributed by atoms with E-state index < -0.39 is 11.9 Å². The predicted octanol–water partition coefficient (Wildman–Crippen LogP) is 2.37. The van der Waals surface area contributed by atoms with Gasteiger partial charge in [-0.3, -0.25) is 5.32 Å². The maximum atomic E-state index is 13.3. The first kappa shape index (κ1) is 12.8. The van der Waals surface area contributed by atoms with Gasteiger partial charge >= 0.3 is 6.09 Å². The van der Waals surface area contributed by atoms with Gasteiger partial charge in [-0.15, -0.1) is 0 Å². The third kappa shape index (κ3) is 3.20. The Bertz CT molecular complexity index is 419. The standard InChI is InChI=1S/C13H17FN2O2/c1-15-8-9-6-10(7-9)18-13(17)16-12-5-3-2-4-11(12)14/h2-5,9-10,15H,6-8H2,1H3,(H,16,17). The second-order valence-electron chi connectivity index (χ2n) is 4.53. The van der Waals surface area contributed by atoms with Crippen LogP contribution in [0.4, 0.5) is 14.9 Å². The molecule has 0 aromatic heterocycles. The highest BCUT2D eigenvalue weighted by molar-refractivity contribution is 5.84. The van der Waals surface area contributed by atoms with Crippen LogP contribution in [-0.2, 0) is 4.74 Å². The molecule has 4 nitrogen and oxygen atoms in total. The van der Waals surface area contributed by atoms with Gasteiger partial charge in [0, 0.05) is 0 Å². The highest BCUT2D eigenvalue weighted by atomic mass is 19.1. The van der Waals surface area contributed by atoms with Crippen LogP contribution < -0.4 is 10.6 Å². The minimum absolute atomic E-state index is 0.0462. The molecule has 1 amide bonds. The topological polar surface area (TPSA) is 50.4 Å². The van der Waals surface area contributed by atoms with E-state index in [4.69, 9.17) is 4.74 Å². The number of benzene rings is 1. The molecule has 1 aliphatic carbocycles. The van der Waals surface area contributed by atoms with Gasteiger partial charge in [0.1, 0.15) is 11.9 Å². The molecule has 0 aliphatic heterocycles. The predicted molar refractivity (Wildman–Crippen MR) is 66.9 cm³/mol. The first-order chi connectivity index (χ1) is 8.69. The fourth-order valence-electron chi connectivity index (χ4n) is 2.08. The number of nitrogens with one attached hydrogen (secondary N) is 2. The molecule has 0 bridgehead atoms. The Morgan fingerprint density at radius 3 is 2.83 bits per heavy atom. The van der Waals surface area contributed by atoms with Crippen molar-refractivity contribution in [1.82, 2.24) is 5.32 Å². The second kappa shape index (κ2) is 5.82. The van der Waals surface area contributed by atoms with Crippen LogP contribution in [0.5, 0.6) is 0 Å². The van der Waals surface area contributed by atoms with Crippen molar-refractivity contribution in [3.63, 3.8) is 0 Å². The fraction of sp³-hybridized carbons (Fsp3) is 0.462. The summed E-state index contributed by atoms with van der Waals surface area (Å²) >= 11 is 0. The Balaban J connectivity index is 1.75. The van der Waals surface area contributed by atoms with Crippen LogP contribution in [0.25, 0.3) is 0 Å². The normalized spacial score (nSPS) is 22.1. The van der Waals surface area contributed by atoms with E-state index in [1.165, 1.54) is 12.1 Å².